The predicted molar refractivity (Wildman–Crippen MR) is 152 cm³/mol. The number of hydrogen-bond donors (Lipinski definition) is 1. The lowest BCUT2D eigenvalue weighted by atomic mass is 9.44. The molecule has 1 spiro atoms. The van der Waals surface area contributed by atoms with E-state index < -0.39 is 88.0 Å². The second-order valence-electron chi connectivity index (χ2n) is 14.0. The first kappa shape index (κ1) is 31.5. The second kappa shape index (κ2) is 10.5. The Hall–Kier alpha value is -3.51. The largest absolute Gasteiger partial charge is 0.472 e. The molecule has 2 aliphatic carbocycles. The van der Waals surface area contributed by atoms with E-state index in [2.05, 4.69) is 6.58 Å². The van der Waals surface area contributed by atoms with E-state index in [1.807, 2.05) is 13.8 Å². The first-order chi connectivity index (χ1) is 21.2. The smallest absolute Gasteiger partial charge is 0.335 e. The lowest BCUT2D eigenvalue weighted by molar-refractivity contribution is -0.296. The van der Waals surface area contributed by atoms with Gasteiger partial charge in [0.25, 0.3) is 6.47 Å². The highest BCUT2D eigenvalue weighted by atomic mass is 16.6. The van der Waals surface area contributed by atoms with Gasteiger partial charge < -0.3 is 33.2 Å². The first-order valence-electron chi connectivity index (χ1n) is 15.5. The molecule has 244 valence electrons. The zero-order valence-corrected chi connectivity index (χ0v) is 26.1. The average Bonchev–Trinajstić information content (AvgIpc) is 3.58. The summed E-state index contributed by atoms with van der Waals surface area (Å²) in [5, 5.41) is 10.9. The van der Waals surface area contributed by atoms with Crippen LogP contribution in [0.25, 0.3) is 0 Å². The van der Waals surface area contributed by atoms with Crippen molar-refractivity contribution in [2.45, 2.75) is 102 Å². The van der Waals surface area contributed by atoms with Gasteiger partial charge in [0.1, 0.15) is 24.4 Å². The van der Waals surface area contributed by atoms with Crippen LogP contribution in [0.1, 0.15) is 71.8 Å². The number of fused-ring (bicyclic) bond motifs is 5. The molecular weight excluding hydrogens is 588 g/mol. The third-order valence-electron chi connectivity index (χ3n) is 11.9. The highest BCUT2D eigenvalue weighted by Crippen LogP contribution is 2.72. The topological polar surface area (TPSA) is 165 Å². The number of ether oxygens (including phenoxy) is 5. The van der Waals surface area contributed by atoms with E-state index in [0.29, 0.717) is 17.6 Å². The summed E-state index contributed by atoms with van der Waals surface area (Å²) in [6, 6.07) is 1.70. The molecule has 3 aliphatic heterocycles. The molecule has 1 aromatic rings. The third-order valence-corrected chi connectivity index (χ3v) is 11.9. The van der Waals surface area contributed by atoms with Gasteiger partial charge in [-0.25, -0.2) is 4.79 Å². The van der Waals surface area contributed by atoms with Crippen molar-refractivity contribution in [2.24, 2.45) is 28.6 Å². The molecule has 12 heteroatoms. The van der Waals surface area contributed by atoms with E-state index in [4.69, 9.17) is 28.1 Å². The fourth-order valence-corrected chi connectivity index (χ4v) is 9.37. The number of Topliss-reactive ketones (excluding diaryl/α,β-unsaturated/α-hetero) is 1. The molecule has 2 saturated carbocycles. The molecule has 2 bridgehead atoms. The maximum Gasteiger partial charge on any atom is 0.335 e. The van der Waals surface area contributed by atoms with Gasteiger partial charge in [-0.1, -0.05) is 40.7 Å². The van der Waals surface area contributed by atoms with Gasteiger partial charge in [0, 0.05) is 29.6 Å². The fraction of sp³-hybridized carbons (Fsp3) is 0.667. The quantitative estimate of drug-likeness (QED) is 0.203. The number of carbonyl (C=O) groups excluding carboxylic acids is 5. The number of hydrogen-bond acceptors (Lipinski definition) is 12. The molecule has 0 aromatic carbocycles. The van der Waals surface area contributed by atoms with Crippen LogP contribution in [0.3, 0.4) is 0 Å². The van der Waals surface area contributed by atoms with Crippen molar-refractivity contribution >= 4 is 30.2 Å². The first-order valence-corrected chi connectivity index (χ1v) is 15.5. The number of aliphatic hydroxyl groups is 1. The van der Waals surface area contributed by atoms with Crippen molar-refractivity contribution in [1.82, 2.24) is 0 Å². The van der Waals surface area contributed by atoms with Crippen molar-refractivity contribution in [3.8, 4) is 0 Å². The average molecular weight is 629 g/mol. The van der Waals surface area contributed by atoms with E-state index in [-0.39, 0.29) is 38.1 Å². The summed E-state index contributed by atoms with van der Waals surface area (Å²) in [5.41, 5.74) is -4.78. The Morgan fingerprint density at radius 1 is 1.18 bits per heavy atom. The molecule has 12 atom stereocenters. The Morgan fingerprint density at radius 3 is 2.56 bits per heavy atom. The van der Waals surface area contributed by atoms with Crippen LogP contribution in [-0.4, -0.2) is 77.5 Å². The summed E-state index contributed by atoms with van der Waals surface area (Å²) in [6.45, 7) is 13.2. The van der Waals surface area contributed by atoms with Gasteiger partial charge >= 0.3 is 17.9 Å². The molecule has 0 radical (unpaired) electrons. The molecule has 1 N–H and O–H groups in total. The number of rotatable bonds is 7. The van der Waals surface area contributed by atoms with E-state index >= 15 is 0 Å². The second-order valence-corrected chi connectivity index (χ2v) is 14.0. The van der Waals surface area contributed by atoms with Crippen molar-refractivity contribution in [2.75, 3.05) is 6.61 Å². The number of esters is 3. The summed E-state index contributed by atoms with van der Waals surface area (Å²) < 4.78 is 35.7. The molecular formula is C33H40O12. The van der Waals surface area contributed by atoms with Gasteiger partial charge in [0.2, 0.25) is 0 Å². The van der Waals surface area contributed by atoms with Crippen molar-refractivity contribution in [3.63, 3.8) is 0 Å². The van der Waals surface area contributed by atoms with Gasteiger partial charge in [0.15, 0.2) is 17.5 Å². The Balaban J connectivity index is 1.60. The molecule has 1 aromatic heterocycles. The van der Waals surface area contributed by atoms with Crippen LogP contribution in [0.2, 0.25) is 0 Å². The zero-order valence-electron chi connectivity index (χ0n) is 26.1. The van der Waals surface area contributed by atoms with Crippen molar-refractivity contribution < 1.29 is 57.2 Å². The summed E-state index contributed by atoms with van der Waals surface area (Å²) in [4.78, 5) is 66.6. The minimum Gasteiger partial charge on any atom is -0.472 e. The number of ketones is 1. The van der Waals surface area contributed by atoms with Gasteiger partial charge in [-0.15, -0.1) is 0 Å². The Labute approximate surface area is 260 Å². The van der Waals surface area contributed by atoms with E-state index in [0.717, 1.165) is 0 Å². The zero-order chi connectivity index (χ0) is 32.7. The Kier molecular flexibility index (Phi) is 7.35. The third kappa shape index (κ3) is 4.06. The highest BCUT2D eigenvalue weighted by molar-refractivity contribution is 5.97. The van der Waals surface area contributed by atoms with E-state index in [9.17, 15) is 29.1 Å². The van der Waals surface area contributed by atoms with Crippen LogP contribution in [0.5, 0.6) is 0 Å². The summed E-state index contributed by atoms with van der Waals surface area (Å²) in [5.74, 6) is -5.15. The molecule has 0 unspecified atom stereocenters. The fourth-order valence-electron chi connectivity index (χ4n) is 9.37. The number of furan rings is 1. The summed E-state index contributed by atoms with van der Waals surface area (Å²) in [6.07, 6.45) is -2.06. The Morgan fingerprint density at radius 2 is 1.91 bits per heavy atom. The van der Waals surface area contributed by atoms with Gasteiger partial charge in [0.05, 0.1) is 36.9 Å². The summed E-state index contributed by atoms with van der Waals surface area (Å²) >= 11 is 0. The minimum atomic E-state index is -1.80. The molecule has 5 aliphatic rings. The molecule has 12 nitrogen and oxygen atoms in total. The molecule has 0 amide bonds. The predicted octanol–water partition coefficient (Wildman–Crippen LogP) is 2.80. The minimum absolute atomic E-state index is 0.0566. The molecule has 4 heterocycles. The molecule has 45 heavy (non-hydrogen) atoms. The highest BCUT2D eigenvalue weighted by Gasteiger charge is 2.82. The normalized spacial score (nSPS) is 43.4. The maximum atomic E-state index is 14.5. The van der Waals surface area contributed by atoms with Gasteiger partial charge in [-0.05, 0) is 30.0 Å². The SMILES string of the molecule is C=C1[C@@H]2[C@@H](OC=O)[C@H](OC(=O)[C@H](O)[C@@H](C)CC)[C@@]3(C)[C@H](c4ccoc4)CC(=O)[C@]13O[C@H]1CC(=O)O[C@]3(C)COC(=O)C[C@@H]3[C@]12C. The van der Waals surface area contributed by atoms with Crippen molar-refractivity contribution in [1.29, 1.82) is 0 Å². The van der Waals surface area contributed by atoms with Gasteiger partial charge in [-0.2, -0.15) is 0 Å². The van der Waals surface area contributed by atoms with Crippen LogP contribution in [-0.2, 0) is 47.7 Å². The monoisotopic (exact) mass is 628 g/mol. The van der Waals surface area contributed by atoms with Crippen LogP contribution < -0.4 is 0 Å². The number of aliphatic hydroxyl groups excluding tert-OH is 1. The molecule has 6 rings (SSSR count). The van der Waals surface area contributed by atoms with Crippen LogP contribution in [0, 0.1) is 28.6 Å². The lowest BCUT2D eigenvalue weighted by Gasteiger charge is -2.67. The van der Waals surface area contributed by atoms with Crippen LogP contribution >= 0.6 is 0 Å². The lowest BCUT2D eigenvalue weighted by Crippen LogP contribution is -2.77. The molecule has 5 fully saturated rings. The maximum absolute atomic E-state index is 14.5. The number of carbonyl (C=O) groups is 5. The van der Waals surface area contributed by atoms with Crippen molar-refractivity contribution in [3.05, 3.63) is 36.3 Å². The standard InChI is InChI=1S/C33H40O12/c1-7-16(2)26(38)29(39)43-28-27(42-15-34)25-17(3)33(21(35)10-19(32(28,33)6)18-8-9-40-13-18)44-22-12-24(37)45-30(4)14-41-23(36)11-20(30)31(22,25)5/h8-9,13,15-16,19-20,22,25-28,38H,3,7,10-12,14H2,1-2,4-6H3/t16-,19-,20-,22-,25+,26+,27+,28-,30+,31+,32+,33+/m0/s1. The van der Waals surface area contributed by atoms with Crippen LogP contribution in [0.15, 0.2) is 35.2 Å². The molecule has 3 saturated heterocycles. The van der Waals surface area contributed by atoms with E-state index in [1.54, 1.807) is 26.8 Å². The Bertz CT molecular complexity index is 1430. The summed E-state index contributed by atoms with van der Waals surface area (Å²) in [7, 11) is 0. The number of cyclic esters (lactones) is 1. The van der Waals surface area contributed by atoms with Gasteiger partial charge in [-0.3, -0.25) is 19.2 Å². The van der Waals surface area contributed by atoms with E-state index in [1.165, 1.54) is 12.5 Å². The van der Waals surface area contributed by atoms with Crippen LogP contribution in [0.4, 0.5) is 0 Å².